The quantitative estimate of drug-likeness (QED) is 0.643. The number of likely N-dealkylation sites (N-methyl/N-ethyl adjacent to an activating group) is 1. The SMILES string of the molecule is CN1C(=O)C=C[C@@]2(C)C1CC[C@@H]1[C@H]2CC[C@]2(C)C(NC(=O)CCc3ccc(Cl)cc3)CC[C@@H]12. The zero-order valence-electron chi connectivity index (χ0n) is 20.1. The van der Waals surface area contributed by atoms with E-state index >= 15 is 0 Å². The van der Waals surface area contributed by atoms with Crippen LogP contribution in [-0.4, -0.2) is 35.8 Å². The van der Waals surface area contributed by atoms with E-state index in [0.29, 0.717) is 30.2 Å². The average Bonchev–Trinajstić information content (AvgIpc) is 3.12. The fourth-order valence-corrected chi connectivity index (χ4v) is 8.28. The van der Waals surface area contributed by atoms with Gasteiger partial charge in [0.25, 0.3) is 0 Å². The number of hydrogen-bond acceptors (Lipinski definition) is 2. The highest BCUT2D eigenvalue weighted by atomic mass is 35.5. The number of aryl methyl sites for hydroxylation is 1. The van der Waals surface area contributed by atoms with Crippen molar-refractivity contribution in [1.82, 2.24) is 10.2 Å². The van der Waals surface area contributed by atoms with Crippen LogP contribution in [0.2, 0.25) is 5.02 Å². The lowest BCUT2D eigenvalue weighted by Gasteiger charge is -2.60. The molecule has 0 saturated heterocycles. The topological polar surface area (TPSA) is 49.4 Å². The summed E-state index contributed by atoms with van der Waals surface area (Å²) in [4.78, 5) is 27.1. The largest absolute Gasteiger partial charge is 0.353 e. The van der Waals surface area contributed by atoms with E-state index in [-0.39, 0.29) is 28.7 Å². The lowest BCUT2D eigenvalue weighted by molar-refractivity contribution is -0.138. The second-order valence-electron chi connectivity index (χ2n) is 11.5. The summed E-state index contributed by atoms with van der Waals surface area (Å²) in [6.07, 6.45) is 12.3. The molecule has 178 valence electrons. The van der Waals surface area contributed by atoms with Crippen LogP contribution in [0, 0.1) is 28.6 Å². The second-order valence-corrected chi connectivity index (χ2v) is 11.9. The molecule has 3 fully saturated rings. The number of nitrogens with one attached hydrogen (secondary N) is 1. The zero-order valence-corrected chi connectivity index (χ0v) is 20.9. The summed E-state index contributed by atoms with van der Waals surface area (Å²) in [5.41, 5.74) is 1.41. The van der Waals surface area contributed by atoms with Gasteiger partial charge < -0.3 is 10.2 Å². The third kappa shape index (κ3) is 3.83. The Hall–Kier alpha value is -1.81. The maximum Gasteiger partial charge on any atom is 0.246 e. The summed E-state index contributed by atoms with van der Waals surface area (Å²) in [5.74, 6) is 2.29. The van der Waals surface area contributed by atoms with Gasteiger partial charge in [0.15, 0.2) is 0 Å². The van der Waals surface area contributed by atoms with Crippen molar-refractivity contribution >= 4 is 23.4 Å². The molecule has 0 bridgehead atoms. The third-order valence-electron chi connectivity index (χ3n) is 10.0. The monoisotopic (exact) mass is 468 g/mol. The number of benzene rings is 1. The minimum atomic E-state index is 0.0762. The fourth-order valence-electron chi connectivity index (χ4n) is 8.15. The van der Waals surface area contributed by atoms with Gasteiger partial charge in [-0.1, -0.05) is 43.7 Å². The smallest absolute Gasteiger partial charge is 0.246 e. The molecular formula is C28H37ClN2O2. The molecule has 1 N–H and O–H groups in total. The van der Waals surface area contributed by atoms with Gasteiger partial charge in [-0.05, 0) is 91.9 Å². The van der Waals surface area contributed by atoms with Gasteiger partial charge in [-0.2, -0.15) is 0 Å². The predicted octanol–water partition coefficient (Wildman–Crippen LogP) is 5.40. The molecule has 5 heteroatoms. The third-order valence-corrected chi connectivity index (χ3v) is 10.3. The van der Waals surface area contributed by atoms with E-state index < -0.39 is 0 Å². The van der Waals surface area contributed by atoms with Gasteiger partial charge in [-0.15, -0.1) is 0 Å². The summed E-state index contributed by atoms with van der Waals surface area (Å²) < 4.78 is 0. The Morgan fingerprint density at radius 3 is 2.61 bits per heavy atom. The molecule has 2 amide bonds. The Morgan fingerprint density at radius 2 is 1.85 bits per heavy atom. The standard InChI is InChI=1S/C28H37ClN2O2/c1-27-16-14-22-20(9-12-24-28(22,2)17-15-26(33)31(24)3)21(27)10-11-23(27)30-25(32)13-6-18-4-7-19(29)8-5-18/h4-5,7-8,15,17,20-24H,6,9-14,16H2,1-3H3,(H,30,32)/t20-,21-,22+,23?,24?,27-,28+/m0/s1. The number of amides is 2. The molecule has 1 heterocycles. The Balaban J connectivity index is 1.26. The average molecular weight is 469 g/mol. The molecule has 3 saturated carbocycles. The molecule has 33 heavy (non-hydrogen) atoms. The van der Waals surface area contributed by atoms with Crippen LogP contribution in [0.15, 0.2) is 36.4 Å². The van der Waals surface area contributed by atoms with Gasteiger partial charge in [0.2, 0.25) is 11.8 Å². The van der Waals surface area contributed by atoms with Gasteiger partial charge in [0.05, 0.1) is 0 Å². The van der Waals surface area contributed by atoms with Crippen LogP contribution in [-0.2, 0) is 16.0 Å². The molecule has 5 rings (SSSR count). The molecule has 3 aliphatic carbocycles. The minimum Gasteiger partial charge on any atom is -0.353 e. The summed E-state index contributed by atoms with van der Waals surface area (Å²) in [5, 5.41) is 4.17. The Morgan fingerprint density at radius 1 is 1.09 bits per heavy atom. The van der Waals surface area contributed by atoms with E-state index in [1.165, 1.54) is 19.3 Å². The normalized spacial score (nSPS) is 39.6. The number of carbonyl (C=O) groups excluding carboxylic acids is 2. The second kappa shape index (κ2) is 8.45. The number of rotatable bonds is 4. The molecule has 4 nitrogen and oxygen atoms in total. The number of nitrogens with zero attached hydrogens (tertiary/aromatic N) is 1. The Kier molecular flexibility index (Phi) is 5.87. The molecule has 4 aliphatic rings. The summed E-state index contributed by atoms with van der Waals surface area (Å²) in [6, 6.07) is 8.39. The predicted molar refractivity (Wildman–Crippen MR) is 132 cm³/mol. The zero-order chi connectivity index (χ0) is 23.4. The van der Waals surface area contributed by atoms with Crippen LogP contribution < -0.4 is 5.32 Å². The van der Waals surface area contributed by atoms with Crippen molar-refractivity contribution in [2.75, 3.05) is 7.05 Å². The van der Waals surface area contributed by atoms with Crippen molar-refractivity contribution in [3.63, 3.8) is 0 Å². The summed E-state index contributed by atoms with van der Waals surface area (Å²) in [7, 11) is 1.98. The molecular weight excluding hydrogens is 432 g/mol. The first-order valence-corrected chi connectivity index (χ1v) is 13.1. The number of carbonyl (C=O) groups is 2. The lowest BCUT2D eigenvalue weighted by atomic mass is 9.48. The Labute approximate surface area is 203 Å². The van der Waals surface area contributed by atoms with Gasteiger partial charge in [0.1, 0.15) is 0 Å². The molecule has 1 aromatic carbocycles. The van der Waals surface area contributed by atoms with E-state index in [1.807, 2.05) is 42.3 Å². The molecule has 0 radical (unpaired) electrons. The molecule has 7 atom stereocenters. The molecule has 0 spiro atoms. The first-order valence-electron chi connectivity index (χ1n) is 12.7. The number of hydrogen-bond donors (Lipinski definition) is 1. The maximum atomic E-state index is 12.9. The summed E-state index contributed by atoms with van der Waals surface area (Å²) >= 11 is 5.98. The van der Waals surface area contributed by atoms with Crippen molar-refractivity contribution in [3.8, 4) is 0 Å². The van der Waals surface area contributed by atoms with E-state index in [4.69, 9.17) is 11.6 Å². The highest BCUT2D eigenvalue weighted by molar-refractivity contribution is 6.30. The van der Waals surface area contributed by atoms with Crippen LogP contribution in [0.5, 0.6) is 0 Å². The molecule has 1 aliphatic heterocycles. The number of halogens is 1. The van der Waals surface area contributed by atoms with Crippen molar-refractivity contribution < 1.29 is 9.59 Å². The first-order chi connectivity index (χ1) is 15.7. The molecule has 2 unspecified atom stereocenters. The maximum absolute atomic E-state index is 12.9. The Bertz CT molecular complexity index is 959. The van der Waals surface area contributed by atoms with Crippen LogP contribution >= 0.6 is 11.6 Å². The highest BCUT2D eigenvalue weighted by Gasteiger charge is 2.60. The van der Waals surface area contributed by atoms with Gasteiger partial charge in [-0.3, -0.25) is 9.59 Å². The minimum absolute atomic E-state index is 0.0762. The van der Waals surface area contributed by atoms with Crippen LogP contribution in [0.1, 0.15) is 64.4 Å². The van der Waals surface area contributed by atoms with Crippen molar-refractivity contribution in [3.05, 3.63) is 47.0 Å². The van der Waals surface area contributed by atoms with Crippen LogP contribution in [0.4, 0.5) is 0 Å². The summed E-state index contributed by atoms with van der Waals surface area (Å²) in [6.45, 7) is 4.83. The first kappa shape index (κ1) is 23.0. The van der Waals surface area contributed by atoms with E-state index in [2.05, 4.69) is 25.2 Å². The van der Waals surface area contributed by atoms with Gasteiger partial charge >= 0.3 is 0 Å². The van der Waals surface area contributed by atoms with Gasteiger partial charge in [-0.25, -0.2) is 0 Å². The highest BCUT2D eigenvalue weighted by Crippen LogP contribution is 2.63. The van der Waals surface area contributed by atoms with Gasteiger partial charge in [0, 0.05) is 36.0 Å². The molecule has 1 aromatic rings. The van der Waals surface area contributed by atoms with Crippen LogP contribution in [0.25, 0.3) is 0 Å². The lowest BCUT2D eigenvalue weighted by Crippen LogP contribution is -2.60. The van der Waals surface area contributed by atoms with Crippen molar-refractivity contribution in [1.29, 1.82) is 0 Å². The van der Waals surface area contributed by atoms with E-state index in [0.717, 1.165) is 36.3 Å². The molecule has 0 aromatic heterocycles. The van der Waals surface area contributed by atoms with Crippen molar-refractivity contribution in [2.24, 2.45) is 28.6 Å². The van der Waals surface area contributed by atoms with E-state index in [9.17, 15) is 9.59 Å². The van der Waals surface area contributed by atoms with E-state index in [1.54, 1.807) is 0 Å². The van der Waals surface area contributed by atoms with Crippen molar-refractivity contribution in [2.45, 2.75) is 77.3 Å². The number of fused-ring (bicyclic) bond motifs is 5. The fraction of sp³-hybridized carbons (Fsp3) is 0.643. The van der Waals surface area contributed by atoms with Crippen LogP contribution in [0.3, 0.4) is 0 Å².